The number of rotatable bonds is 5. The van der Waals surface area contributed by atoms with Crippen molar-refractivity contribution < 1.29 is 0 Å². The quantitative estimate of drug-likeness (QED) is 0.866. The van der Waals surface area contributed by atoms with Gasteiger partial charge in [-0.05, 0) is 11.6 Å². The van der Waals surface area contributed by atoms with Gasteiger partial charge in [0.15, 0.2) is 0 Å². The fourth-order valence-corrected chi connectivity index (χ4v) is 2.00. The van der Waals surface area contributed by atoms with Crippen molar-refractivity contribution in [1.82, 2.24) is 9.78 Å². The second kappa shape index (κ2) is 6.68. The molecule has 6 heteroatoms. The molecule has 2 N–H and O–H groups in total. The van der Waals surface area contributed by atoms with Crippen LogP contribution in [0.3, 0.4) is 0 Å². The summed E-state index contributed by atoms with van der Waals surface area (Å²) in [6.07, 6.45) is 1.63. The molecule has 0 spiro atoms. The molecule has 1 heterocycles. The average molecular weight is 283 g/mol. The zero-order chi connectivity index (χ0) is 15.2. The van der Waals surface area contributed by atoms with Gasteiger partial charge in [0.2, 0.25) is 0 Å². The van der Waals surface area contributed by atoms with Crippen LogP contribution in [0.2, 0.25) is 0 Å². The number of benzene rings is 1. The fraction of sp³-hybridized carbons (Fsp3) is 0.267. The molecule has 0 fully saturated rings. The van der Waals surface area contributed by atoms with E-state index in [1.54, 1.807) is 18.3 Å². The minimum atomic E-state index is -0.205. The Morgan fingerprint density at radius 3 is 2.86 bits per heavy atom. The number of nitrogens with zero attached hydrogens (tertiary/aromatic N) is 4. The smallest absolute Gasteiger partial charge is 0.269 e. The second-order valence-corrected chi connectivity index (χ2v) is 4.69. The monoisotopic (exact) mass is 283 g/mol. The molecule has 0 aliphatic carbocycles. The molecule has 2 rings (SSSR count). The Morgan fingerprint density at radius 2 is 2.19 bits per heavy atom. The average Bonchev–Trinajstić information content (AvgIpc) is 2.50. The highest BCUT2D eigenvalue weighted by atomic mass is 16.1. The molecule has 2 aromatic rings. The van der Waals surface area contributed by atoms with Crippen molar-refractivity contribution in [1.29, 1.82) is 5.26 Å². The summed E-state index contributed by atoms with van der Waals surface area (Å²) >= 11 is 0. The lowest BCUT2D eigenvalue weighted by molar-refractivity contribution is 0.636. The van der Waals surface area contributed by atoms with Crippen LogP contribution < -0.4 is 16.2 Å². The molecule has 108 valence electrons. The minimum Gasteiger partial charge on any atom is -0.372 e. The van der Waals surface area contributed by atoms with E-state index in [4.69, 9.17) is 11.0 Å². The van der Waals surface area contributed by atoms with Gasteiger partial charge < -0.3 is 10.6 Å². The third-order valence-electron chi connectivity index (χ3n) is 3.22. The Kier molecular flexibility index (Phi) is 4.69. The molecule has 0 radical (unpaired) electrons. The van der Waals surface area contributed by atoms with Crippen molar-refractivity contribution in [2.75, 3.05) is 25.0 Å². The largest absolute Gasteiger partial charge is 0.372 e. The van der Waals surface area contributed by atoms with Gasteiger partial charge in [-0.3, -0.25) is 4.79 Å². The maximum atomic E-state index is 12.1. The van der Waals surface area contributed by atoms with E-state index in [0.717, 1.165) is 11.3 Å². The summed E-state index contributed by atoms with van der Waals surface area (Å²) in [5, 5.41) is 13.2. The van der Waals surface area contributed by atoms with Gasteiger partial charge >= 0.3 is 0 Å². The number of nitrogens with two attached hydrogens (primary N) is 1. The van der Waals surface area contributed by atoms with E-state index in [0.29, 0.717) is 18.7 Å². The summed E-state index contributed by atoms with van der Waals surface area (Å²) in [6.45, 7) is 1.45. The van der Waals surface area contributed by atoms with Gasteiger partial charge in [0.1, 0.15) is 0 Å². The lowest BCUT2D eigenvalue weighted by Crippen LogP contribution is -2.29. The molecule has 0 bridgehead atoms. The molecule has 0 aliphatic rings. The van der Waals surface area contributed by atoms with Crippen LogP contribution in [0, 0.1) is 11.3 Å². The van der Waals surface area contributed by atoms with E-state index >= 15 is 0 Å². The molecule has 1 aromatic heterocycles. The summed E-state index contributed by atoms with van der Waals surface area (Å²) in [6, 6.07) is 10.8. The van der Waals surface area contributed by atoms with Crippen LogP contribution in [0.15, 0.2) is 41.3 Å². The van der Waals surface area contributed by atoms with Crippen LogP contribution in [-0.4, -0.2) is 29.9 Å². The maximum Gasteiger partial charge on any atom is 0.269 e. The van der Waals surface area contributed by atoms with E-state index in [1.807, 2.05) is 24.1 Å². The molecular formula is C15H17N5O. The standard InChI is InChI=1S/C15H17N5O/c1-19(7-6-16)14-8-15(21)20(18-10-14)11-13-5-3-2-4-12(13)9-17/h2-5,8,10H,6-7,11,16H2,1H3. The molecular weight excluding hydrogens is 266 g/mol. The Labute approximate surface area is 123 Å². The van der Waals surface area contributed by atoms with Crippen LogP contribution >= 0.6 is 0 Å². The van der Waals surface area contributed by atoms with Crippen molar-refractivity contribution in [2.45, 2.75) is 6.54 Å². The molecule has 0 aliphatic heterocycles. The Morgan fingerprint density at radius 1 is 1.43 bits per heavy atom. The summed E-state index contributed by atoms with van der Waals surface area (Å²) in [5.41, 5.74) is 7.35. The molecule has 0 saturated heterocycles. The van der Waals surface area contributed by atoms with Gasteiger partial charge in [0.25, 0.3) is 5.56 Å². The van der Waals surface area contributed by atoms with Crippen LogP contribution in [-0.2, 0) is 6.54 Å². The van der Waals surface area contributed by atoms with E-state index in [2.05, 4.69) is 11.2 Å². The fourth-order valence-electron chi connectivity index (χ4n) is 2.00. The Hall–Kier alpha value is -2.65. The molecule has 21 heavy (non-hydrogen) atoms. The van der Waals surface area contributed by atoms with Crippen LogP contribution in [0.25, 0.3) is 0 Å². The lowest BCUT2D eigenvalue weighted by atomic mass is 10.1. The van der Waals surface area contributed by atoms with Crippen molar-refractivity contribution in [3.8, 4) is 6.07 Å². The summed E-state index contributed by atoms with van der Waals surface area (Å²) in [4.78, 5) is 14.0. The Balaban J connectivity index is 2.26. The van der Waals surface area contributed by atoms with Gasteiger partial charge in [0, 0.05) is 26.2 Å². The highest BCUT2D eigenvalue weighted by Crippen LogP contribution is 2.09. The first-order valence-corrected chi connectivity index (χ1v) is 6.62. The van der Waals surface area contributed by atoms with Gasteiger partial charge in [-0.15, -0.1) is 0 Å². The molecule has 0 unspecified atom stereocenters. The predicted octanol–water partition coefficient (Wildman–Crippen LogP) is 0.558. The summed E-state index contributed by atoms with van der Waals surface area (Å²) in [7, 11) is 1.86. The van der Waals surface area contributed by atoms with Gasteiger partial charge in [-0.2, -0.15) is 10.4 Å². The first kappa shape index (κ1) is 14.8. The van der Waals surface area contributed by atoms with Gasteiger partial charge in [-0.1, -0.05) is 18.2 Å². The van der Waals surface area contributed by atoms with E-state index in [1.165, 1.54) is 10.7 Å². The van der Waals surface area contributed by atoms with E-state index < -0.39 is 0 Å². The zero-order valence-electron chi connectivity index (χ0n) is 11.9. The predicted molar refractivity (Wildman–Crippen MR) is 81.1 cm³/mol. The highest BCUT2D eigenvalue weighted by Gasteiger charge is 2.07. The normalized spacial score (nSPS) is 10.1. The van der Waals surface area contributed by atoms with Gasteiger partial charge in [0.05, 0.1) is 30.1 Å². The number of likely N-dealkylation sites (N-methyl/N-ethyl adjacent to an activating group) is 1. The maximum absolute atomic E-state index is 12.1. The van der Waals surface area contributed by atoms with Crippen molar-refractivity contribution >= 4 is 5.69 Å². The molecule has 6 nitrogen and oxygen atoms in total. The molecule has 1 aromatic carbocycles. The SMILES string of the molecule is CN(CCN)c1cnn(Cc2ccccc2C#N)c(=O)c1. The zero-order valence-corrected chi connectivity index (χ0v) is 11.9. The summed E-state index contributed by atoms with van der Waals surface area (Å²) < 4.78 is 1.34. The van der Waals surface area contributed by atoms with Crippen molar-refractivity contribution in [2.24, 2.45) is 5.73 Å². The third-order valence-corrected chi connectivity index (χ3v) is 3.22. The molecule has 0 amide bonds. The number of hydrogen-bond acceptors (Lipinski definition) is 5. The highest BCUT2D eigenvalue weighted by molar-refractivity contribution is 5.42. The lowest BCUT2D eigenvalue weighted by Gasteiger charge is -2.17. The van der Waals surface area contributed by atoms with Crippen molar-refractivity contribution in [3.63, 3.8) is 0 Å². The molecule has 0 atom stereocenters. The Bertz CT molecular complexity index is 716. The number of aromatic nitrogens is 2. The molecule has 0 saturated carbocycles. The van der Waals surface area contributed by atoms with Crippen molar-refractivity contribution in [3.05, 3.63) is 58.0 Å². The number of hydrogen-bond donors (Lipinski definition) is 1. The first-order chi connectivity index (χ1) is 10.2. The van der Waals surface area contributed by atoms with Crippen LogP contribution in [0.1, 0.15) is 11.1 Å². The second-order valence-electron chi connectivity index (χ2n) is 4.69. The van der Waals surface area contributed by atoms with E-state index in [-0.39, 0.29) is 12.1 Å². The first-order valence-electron chi connectivity index (χ1n) is 6.62. The summed E-state index contributed by atoms with van der Waals surface area (Å²) in [5.74, 6) is 0. The number of nitriles is 1. The topological polar surface area (TPSA) is 87.9 Å². The van der Waals surface area contributed by atoms with E-state index in [9.17, 15) is 4.79 Å². The number of anilines is 1. The van der Waals surface area contributed by atoms with Crippen LogP contribution in [0.5, 0.6) is 0 Å². The third kappa shape index (κ3) is 3.46. The minimum absolute atomic E-state index is 0.205. The van der Waals surface area contributed by atoms with Gasteiger partial charge in [-0.25, -0.2) is 4.68 Å². The van der Waals surface area contributed by atoms with Crippen LogP contribution in [0.4, 0.5) is 5.69 Å².